The van der Waals surface area contributed by atoms with Gasteiger partial charge in [-0.25, -0.2) is 9.97 Å². The van der Waals surface area contributed by atoms with Gasteiger partial charge in [-0.15, -0.1) is 0 Å². The lowest BCUT2D eigenvalue weighted by Gasteiger charge is -2.37. The van der Waals surface area contributed by atoms with E-state index >= 15 is 0 Å². The zero-order valence-corrected chi connectivity index (χ0v) is 15.8. The van der Waals surface area contributed by atoms with Crippen molar-refractivity contribution >= 4 is 31.2 Å². The van der Waals surface area contributed by atoms with Gasteiger partial charge in [0.15, 0.2) is 19.5 Å². The Morgan fingerprint density at radius 3 is 2.54 bits per heavy atom. The molecule has 24 heavy (non-hydrogen) atoms. The Morgan fingerprint density at radius 1 is 1.33 bits per heavy atom. The maximum absolute atomic E-state index is 12.6. The number of fused-ring (bicyclic) bond motifs is 1. The van der Waals surface area contributed by atoms with Gasteiger partial charge >= 0.3 is 0 Å². The largest absolute Gasteiger partial charge is 0.407 e. The number of rotatable bonds is 4. The molecule has 0 saturated heterocycles. The summed E-state index contributed by atoms with van der Waals surface area (Å²) >= 11 is 0. The minimum atomic E-state index is -2.10. The zero-order chi connectivity index (χ0) is 18.3. The highest BCUT2D eigenvalue weighted by Crippen LogP contribution is 2.37. The van der Waals surface area contributed by atoms with Crippen LogP contribution < -0.4 is 11.3 Å². The number of nitrogens with one attached hydrogen (secondary N) is 1. The number of carbonyl (C=O) groups is 1. The molecule has 0 amide bonds. The standard InChI is InChI=1S/C15H23N5O3Si/c1-8(23-24(5,6)15(2,3)4)11(21)9-7-17-12-10(18-9)13(22)20-14(16)19-12/h7-8H,1-6H3,(H3,16,17,19,20,22)/t8-/m0/s1. The molecular formula is C15H23N5O3Si. The molecular weight excluding hydrogens is 326 g/mol. The van der Waals surface area contributed by atoms with Gasteiger partial charge in [0, 0.05) is 0 Å². The van der Waals surface area contributed by atoms with Crippen molar-refractivity contribution in [1.82, 2.24) is 19.9 Å². The molecule has 0 spiro atoms. The molecule has 2 rings (SSSR count). The second kappa shape index (κ2) is 6.06. The van der Waals surface area contributed by atoms with Crippen molar-refractivity contribution in [3.05, 3.63) is 22.2 Å². The van der Waals surface area contributed by atoms with E-state index in [0.29, 0.717) is 0 Å². The summed E-state index contributed by atoms with van der Waals surface area (Å²) in [6.45, 7) is 12.1. The van der Waals surface area contributed by atoms with E-state index < -0.39 is 20.0 Å². The number of Topliss-reactive ketones (excluding diaryl/α,β-unsaturated/α-hetero) is 1. The van der Waals surface area contributed by atoms with E-state index in [1.54, 1.807) is 6.92 Å². The SMILES string of the molecule is C[C@H](O[Si](C)(C)C(C)(C)C)C(=O)c1cnc2nc(N)[nH]c(=O)c2n1. The first-order valence-corrected chi connectivity index (χ1v) is 10.6. The number of anilines is 1. The maximum Gasteiger partial charge on any atom is 0.280 e. The van der Waals surface area contributed by atoms with Crippen molar-refractivity contribution in [3.8, 4) is 0 Å². The van der Waals surface area contributed by atoms with Gasteiger partial charge < -0.3 is 10.2 Å². The van der Waals surface area contributed by atoms with E-state index in [2.05, 4.69) is 53.8 Å². The summed E-state index contributed by atoms with van der Waals surface area (Å²) in [6.07, 6.45) is 0.626. The van der Waals surface area contributed by atoms with E-state index in [-0.39, 0.29) is 33.6 Å². The average molecular weight is 349 g/mol. The molecule has 0 fully saturated rings. The molecule has 2 aromatic heterocycles. The molecule has 130 valence electrons. The number of nitrogens with zero attached hydrogens (tertiary/aromatic N) is 3. The van der Waals surface area contributed by atoms with Crippen LogP contribution in [0.15, 0.2) is 11.0 Å². The van der Waals surface area contributed by atoms with Gasteiger partial charge in [0.2, 0.25) is 11.7 Å². The number of hydrogen-bond acceptors (Lipinski definition) is 7. The average Bonchev–Trinajstić information content (AvgIpc) is 2.44. The summed E-state index contributed by atoms with van der Waals surface area (Å²) in [5, 5.41) is -0.0187. The highest BCUT2D eigenvalue weighted by molar-refractivity contribution is 6.74. The number of nitrogen functional groups attached to an aromatic ring is 1. The van der Waals surface area contributed by atoms with Crippen LogP contribution >= 0.6 is 0 Å². The third kappa shape index (κ3) is 3.51. The third-order valence-corrected chi connectivity index (χ3v) is 8.89. The lowest BCUT2D eigenvalue weighted by Crippen LogP contribution is -2.45. The lowest BCUT2D eigenvalue weighted by atomic mass is 10.2. The molecule has 0 radical (unpaired) electrons. The second-order valence-corrected chi connectivity index (χ2v) is 12.0. The molecule has 0 bridgehead atoms. The first-order valence-electron chi connectivity index (χ1n) is 7.67. The molecule has 3 N–H and O–H groups in total. The molecule has 0 aliphatic carbocycles. The Labute approximate surface area is 141 Å². The minimum absolute atomic E-state index is 0.0187. The number of ketones is 1. The predicted octanol–water partition coefficient (Wildman–Crippen LogP) is 1.89. The van der Waals surface area contributed by atoms with E-state index in [0.717, 1.165) is 0 Å². The fourth-order valence-electron chi connectivity index (χ4n) is 1.93. The number of aromatic nitrogens is 4. The van der Waals surface area contributed by atoms with Crippen LogP contribution in [0.5, 0.6) is 0 Å². The van der Waals surface area contributed by atoms with Gasteiger partial charge in [-0.1, -0.05) is 20.8 Å². The molecule has 1 atom stereocenters. The van der Waals surface area contributed by atoms with Gasteiger partial charge in [-0.3, -0.25) is 14.6 Å². The van der Waals surface area contributed by atoms with Crippen LogP contribution in [0.3, 0.4) is 0 Å². The molecule has 0 unspecified atom stereocenters. The summed E-state index contributed by atoms with van der Waals surface area (Å²) < 4.78 is 6.08. The first kappa shape index (κ1) is 18.2. The summed E-state index contributed by atoms with van der Waals surface area (Å²) in [6, 6.07) is 0. The highest BCUT2D eigenvalue weighted by Gasteiger charge is 2.39. The van der Waals surface area contributed by atoms with Crippen molar-refractivity contribution < 1.29 is 9.22 Å². The fraction of sp³-hybridized carbons (Fsp3) is 0.533. The fourth-order valence-corrected chi connectivity index (χ4v) is 3.28. The number of hydrogen-bond donors (Lipinski definition) is 2. The van der Waals surface area contributed by atoms with Gasteiger partial charge in [0.25, 0.3) is 5.56 Å². The quantitative estimate of drug-likeness (QED) is 0.638. The van der Waals surface area contributed by atoms with Gasteiger partial charge in [0.05, 0.1) is 6.20 Å². The van der Waals surface area contributed by atoms with Crippen molar-refractivity contribution in [2.45, 2.75) is 51.9 Å². The monoisotopic (exact) mass is 349 g/mol. The Morgan fingerprint density at radius 2 is 1.96 bits per heavy atom. The van der Waals surface area contributed by atoms with Crippen molar-refractivity contribution in [1.29, 1.82) is 0 Å². The van der Waals surface area contributed by atoms with Crippen LogP contribution in [0.1, 0.15) is 38.2 Å². The van der Waals surface area contributed by atoms with Crippen molar-refractivity contribution in [2.24, 2.45) is 0 Å². The first-order chi connectivity index (χ1) is 10.9. The van der Waals surface area contributed by atoms with Crippen LogP contribution in [0.4, 0.5) is 5.95 Å². The second-order valence-electron chi connectivity index (χ2n) is 7.26. The molecule has 9 heteroatoms. The van der Waals surface area contributed by atoms with E-state index in [4.69, 9.17) is 10.2 Å². The van der Waals surface area contributed by atoms with Crippen molar-refractivity contribution in [3.63, 3.8) is 0 Å². The number of H-pyrrole nitrogens is 1. The minimum Gasteiger partial charge on any atom is -0.407 e. The number of aromatic amines is 1. The van der Waals surface area contributed by atoms with Gasteiger partial charge in [-0.2, -0.15) is 4.98 Å². The van der Waals surface area contributed by atoms with Crippen LogP contribution in [0, 0.1) is 0 Å². The number of nitrogens with two attached hydrogens (primary N) is 1. The van der Waals surface area contributed by atoms with Crippen molar-refractivity contribution in [2.75, 3.05) is 5.73 Å². The van der Waals surface area contributed by atoms with Crippen LogP contribution in [0.25, 0.3) is 11.2 Å². The topological polar surface area (TPSA) is 124 Å². The Balaban J connectivity index is 2.33. The highest BCUT2D eigenvalue weighted by atomic mass is 28.4. The normalized spacial score (nSPS) is 13.9. The summed E-state index contributed by atoms with van der Waals surface area (Å²) in [5.74, 6) is -0.360. The number of carbonyl (C=O) groups excluding carboxylic acids is 1. The van der Waals surface area contributed by atoms with E-state index in [9.17, 15) is 9.59 Å². The van der Waals surface area contributed by atoms with Crippen LogP contribution in [0.2, 0.25) is 18.1 Å². The summed E-state index contributed by atoms with van der Waals surface area (Å²) in [4.78, 5) is 38.8. The third-order valence-electron chi connectivity index (χ3n) is 4.34. The van der Waals surface area contributed by atoms with Crippen LogP contribution in [-0.2, 0) is 4.43 Å². The predicted molar refractivity (Wildman–Crippen MR) is 94.4 cm³/mol. The molecule has 0 saturated carbocycles. The molecule has 0 aliphatic heterocycles. The van der Waals surface area contributed by atoms with E-state index in [1.807, 2.05) is 0 Å². The summed E-state index contributed by atoms with van der Waals surface area (Å²) in [5.41, 5.74) is 5.09. The zero-order valence-electron chi connectivity index (χ0n) is 14.8. The Bertz CT molecular complexity index is 841. The smallest absolute Gasteiger partial charge is 0.280 e. The maximum atomic E-state index is 12.6. The lowest BCUT2D eigenvalue weighted by molar-refractivity contribution is 0.0791. The molecule has 2 aromatic rings. The Hall–Kier alpha value is -2.13. The molecule has 0 aromatic carbocycles. The van der Waals surface area contributed by atoms with Crippen LogP contribution in [-0.4, -0.2) is 40.1 Å². The molecule has 8 nitrogen and oxygen atoms in total. The molecule has 2 heterocycles. The summed E-state index contributed by atoms with van der Waals surface area (Å²) in [7, 11) is -2.10. The van der Waals surface area contributed by atoms with E-state index in [1.165, 1.54) is 6.20 Å². The molecule has 0 aliphatic rings. The van der Waals surface area contributed by atoms with Gasteiger partial charge in [-0.05, 0) is 25.1 Å². The van der Waals surface area contributed by atoms with Gasteiger partial charge in [0.1, 0.15) is 11.8 Å². The Kier molecular flexibility index (Phi) is 4.60.